The van der Waals surface area contributed by atoms with Crippen molar-refractivity contribution in [3.8, 4) is 11.4 Å². The van der Waals surface area contributed by atoms with Gasteiger partial charge in [-0.1, -0.05) is 46.2 Å². The predicted octanol–water partition coefficient (Wildman–Crippen LogP) is 4.73. The Labute approximate surface area is 179 Å². The average Bonchev–Trinajstić information content (AvgIpc) is 3.22. The van der Waals surface area contributed by atoms with Crippen LogP contribution in [0.4, 0.5) is 13.2 Å². The third kappa shape index (κ3) is 6.29. The molecule has 1 heterocycles. The van der Waals surface area contributed by atoms with Gasteiger partial charge in [-0.25, -0.2) is 0 Å². The molecule has 0 saturated carbocycles. The van der Waals surface area contributed by atoms with E-state index in [1.807, 2.05) is 6.07 Å². The highest BCUT2D eigenvalue weighted by atomic mass is 35.5. The fourth-order valence-corrected chi connectivity index (χ4v) is 2.64. The second-order valence-corrected chi connectivity index (χ2v) is 6.85. The number of nitrogens with zero attached hydrogens (tertiary/aromatic N) is 3. The van der Waals surface area contributed by atoms with Gasteiger partial charge in [0.25, 0.3) is 5.91 Å². The van der Waals surface area contributed by atoms with Crippen molar-refractivity contribution in [1.82, 2.24) is 15.5 Å². The number of rotatable bonds is 7. The van der Waals surface area contributed by atoms with E-state index >= 15 is 0 Å². The summed E-state index contributed by atoms with van der Waals surface area (Å²) >= 11 is 5.89. The normalized spacial score (nSPS) is 12.7. The van der Waals surface area contributed by atoms with E-state index in [0.717, 1.165) is 5.56 Å². The van der Waals surface area contributed by atoms with E-state index in [9.17, 15) is 18.0 Å². The molecule has 0 bridgehead atoms. The van der Waals surface area contributed by atoms with E-state index in [4.69, 9.17) is 16.4 Å². The lowest BCUT2D eigenvalue weighted by Gasteiger charge is -2.09. The van der Waals surface area contributed by atoms with Crippen LogP contribution in [0.3, 0.4) is 0 Å². The molecule has 1 aromatic heterocycles. The minimum atomic E-state index is -4.72. The molecule has 1 amide bonds. The zero-order valence-electron chi connectivity index (χ0n) is 16.1. The Morgan fingerprint density at radius 2 is 2.03 bits per heavy atom. The van der Waals surface area contributed by atoms with Crippen LogP contribution in [-0.4, -0.2) is 28.3 Å². The summed E-state index contributed by atoms with van der Waals surface area (Å²) in [5.74, 6) is -2.06. The Balaban J connectivity index is 1.52. The lowest BCUT2D eigenvalue weighted by molar-refractivity contribution is -0.159. The summed E-state index contributed by atoms with van der Waals surface area (Å²) in [7, 11) is 0. The van der Waals surface area contributed by atoms with E-state index in [-0.39, 0.29) is 18.0 Å². The van der Waals surface area contributed by atoms with Gasteiger partial charge < -0.3 is 14.7 Å². The maximum atomic E-state index is 12.5. The molecule has 0 aliphatic carbocycles. The van der Waals surface area contributed by atoms with Crippen LogP contribution < -0.4 is 5.32 Å². The van der Waals surface area contributed by atoms with E-state index < -0.39 is 24.0 Å². The van der Waals surface area contributed by atoms with Gasteiger partial charge in [-0.15, -0.1) is 0 Å². The number of carbonyl (C=O) groups excluding carboxylic acids is 1. The van der Waals surface area contributed by atoms with Crippen LogP contribution in [0.25, 0.3) is 11.4 Å². The standard InChI is InChI=1S/C20H16ClF3N4O3/c1-12(10-25-30-11-13-3-2-4-16(21)9-13)26-18(29)15-7-5-14(6-8-15)17-27-19(31-28-17)20(22,23)24/h2-10,12H,11H2,1H3,(H,26,29). The molecule has 0 spiro atoms. The molecule has 162 valence electrons. The number of hydrogen-bond acceptors (Lipinski definition) is 6. The van der Waals surface area contributed by atoms with E-state index in [0.29, 0.717) is 10.6 Å². The molecule has 11 heteroatoms. The van der Waals surface area contributed by atoms with Crippen molar-refractivity contribution in [2.24, 2.45) is 5.16 Å². The quantitative estimate of drug-likeness (QED) is 0.413. The van der Waals surface area contributed by atoms with Gasteiger partial charge in [-0.05, 0) is 36.8 Å². The van der Waals surface area contributed by atoms with Crippen molar-refractivity contribution in [3.05, 3.63) is 70.6 Å². The number of hydrogen-bond donors (Lipinski definition) is 1. The third-order valence-electron chi connectivity index (χ3n) is 3.91. The second-order valence-electron chi connectivity index (χ2n) is 6.42. The van der Waals surface area contributed by atoms with Gasteiger partial charge in [0.1, 0.15) is 6.61 Å². The van der Waals surface area contributed by atoms with Gasteiger partial charge in [0, 0.05) is 16.1 Å². The number of oxime groups is 1. The maximum Gasteiger partial charge on any atom is 0.471 e. The summed E-state index contributed by atoms with van der Waals surface area (Å²) in [6.45, 7) is 1.93. The second kappa shape index (κ2) is 9.61. The summed E-state index contributed by atoms with van der Waals surface area (Å²) in [5.41, 5.74) is 1.42. The number of carbonyl (C=O) groups is 1. The molecule has 7 nitrogen and oxygen atoms in total. The fourth-order valence-electron chi connectivity index (χ4n) is 2.43. The maximum absolute atomic E-state index is 12.5. The molecular formula is C20H16ClF3N4O3. The van der Waals surface area contributed by atoms with E-state index in [1.165, 1.54) is 30.5 Å². The van der Waals surface area contributed by atoms with Gasteiger partial charge >= 0.3 is 12.1 Å². The Morgan fingerprint density at radius 3 is 2.68 bits per heavy atom. The van der Waals surface area contributed by atoms with Crippen LogP contribution in [0, 0.1) is 0 Å². The number of alkyl halides is 3. The van der Waals surface area contributed by atoms with Crippen molar-refractivity contribution < 1.29 is 27.3 Å². The van der Waals surface area contributed by atoms with Crippen LogP contribution >= 0.6 is 11.6 Å². The smallest absolute Gasteiger partial charge is 0.391 e. The molecule has 1 atom stereocenters. The molecule has 31 heavy (non-hydrogen) atoms. The molecule has 0 aliphatic rings. The lowest BCUT2D eigenvalue weighted by Crippen LogP contribution is -2.33. The van der Waals surface area contributed by atoms with Crippen molar-refractivity contribution in [2.45, 2.75) is 25.7 Å². The van der Waals surface area contributed by atoms with Crippen molar-refractivity contribution in [2.75, 3.05) is 0 Å². The van der Waals surface area contributed by atoms with Gasteiger partial charge in [-0.3, -0.25) is 4.79 Å². The molecule has 2 aromatic carbocycles. The largest absolute Gasteiger partial charge is 0.471 e. The first-order valence-electron chi connectivity index (χ1n) is 8.94. The topological polar surface area (TPSA) is 89.6 Å². The molecule has 1 N–H and O–H groups in total. The molecule has 0 fully saturated rings. The molecule has 0 saturated heterocycles. The molecule has 0 radical (unpaired) electrons. The van der Waals surface area contributed by atoms with Crippen LogP contribution in [0.15, 0.2) is 58.2 Å². The highest BCUT2D eigenvalue weighted by molar-refractivity contribution is 6.30. The Bertz CT molecular complexity index is 1070. The number of nitrogens with one attached hydrogen (secondary N) is 1. The van der Waals surface area contributed by atoms with Crippen LogP contribution in [0.5, 0.6) is 0 Å². The highest BCUT2D eigenvalue weighted by Crippen LogP contribution is 2.29. The van der Waals surface area contributed by atoms with Crippen LogP contribution in [0.1, 0.15) is 28.7 Å². The molecule has 3 aromatic rings. The Hall–Kier alpha value is -3.40. The first kappa shape index (κ1) is 22.3. The number of aromatic nitrogens is 2. The summed E-state index contributed by atoms with van der Waals surface area (Å²) in [4.78, 5) is 20.8. The highest BCUT2D eigenvalue weighted by Gasteiger charge is 2.38. The first-order chi connectivity index (χ1) is 14.7. The number of amides is 1. The van der Waals surface area contributed by atoms with Gasteiger partial charge in [-0.2, -0.15) is 18.2 Å². The van der Waals surface area contributed by atoms with Crippen molar-refractivity contribution >= 4 is 23.7 Å². The fraction of sp³-hybridized carbons (Fsp3) is 0.200. The first-order valence-corrected chi connectivity index (χ1v) is 9.32. The van der Waals surface area contributed by atoms with E-state index in [1.54, 1.807) is 25.1 Å². The summed E-state index contributed by atoms with van der Waals surface area (Å²) in [6, 6.07) is 12.4. The molecule has 3 rings (SSSR count). The van der Waals surface area contributed by atoms with Gasteiger partial charge in [0.15, 0.2) is 0 Å². The molecule has 0 aliphatic heterocycles. The van der Waals surface area contributed by atoms with Gasteiger partial charge in [0.05, 0.1) is 12.3 Å². The Kier molecular flexibility index (Phi) is 6.91. The Morgan fingerprint density at radius 1 is 1.29 bits per heavy atom. The molecular weight excluding hydrogens is 437 g/mol. The third-order valence-corrected chi connectivity index (χ3v) is 4.15. The van der Waals surface area contributed by atoms with Crippen LogP contribution in [0.2, 0.25) is 5.02 Å². The monoisotopic (exact) mass is 452 g/mol. The average molecular weight is 453 g/mol. The number of benzene rings is 2. The van der Waals surface area contributed by atoms with Crippen molar-refractivity contribution in [1.29, 1.82) is 0 Å². The number of halogens is 4. The zero-order valence-corrected chi connectivity index (χ0v) is 16.8. The summed E-state index contributed by atoms with van der Waals surface area (Å²) in [5, 5.41) is 10.4. The minimum absolute atomic E-state index is 0.225. The summed E-state index contributed by atoms with van der Waals surface area (Å²) in [6.07, 6.45) is -3.30. The van der Waals surface area contributed by atoms with E-state index in [2.05, 4.69) is 25.1 Å². The zero-order chi connectivity index (χ0) is 22.4. The summed E-state index contributed by atoms with van der Waals surface area (Å²) < 4.78 is 41.8. The van der Waals surface area contributed by atoms with Crippen LogP contribution in [-0.2, 0) is 17.6 Å². The lowest BCUT2D eigenvalue weighted by atomic mass is 10.1. The van der Waals surface area contributed by atoms with Gasteiger partial charge in [0.2, 0.25) is 5.82 Å². The SMILES string of the molecule is CC(C=NOCc1cccc(Cl)c1)NC(=O)c1ccc(-c2noc(C(F)(F)F)n2)cc1. The molecule has 1 unspecified atom stereocenters. The van der Waals surface area contributed by atoms with Crippen molar-refractivity contribution in [3.63, 3.8) is 0 Å². The minimum Gasteiger partial charge on any atom is -0.391 e. The predicted molar refractivity (Wildman–Crippen MR) is 106 cm³/mol.